The molecule has 0 aliphatic heterocycles. The highest BCUT2D eigenvalue weighted by Crippen LogP contribution is 2.26. The number of ether oxygens (including phenoxy) is 1. The summed E-state index contributed by atoms with van der Waals surface area (Å²) in [6, 6.07) is 13.5. The molecule has 1 N–H and O–H groups in total. The summed E-state index contributed by atoms with van der Waals surface area (Å²) >= 11 is 0. The Morgan fingerprint density at radius 2 is 1.93 bits per heavy atom. The van der Waals surface area contributed by atoms with Gasteiger partial charge in [-0.25, -0.2) is 13.4 Å². The van der Waals surface area contributed by atoms with Crippen LogP contribution >= 0.6 is 0 Å². The van der Waals surface area contributed by atoms with E-state index in [2.05, 4.69) is 14.7 Å². The Kier molecular flexibility index (Phi) is 5.05. The van der Waals surface area contributed by atoms with Gasteiger partial charge in [0.05, 0.1) is 29.0 Å². The van der Waals surface area contributed by atoms with Crippen LogP contribution in [0.1, 0.15) is 11.1 Å². The molecule has 0 amide bonds. The van der Waals surface area contributed by atoms with Crippen LogP contribution in [-0.4, -0.2) is 25.5 Å². The van der Waals surface area contributed by atoms with Crippen molar-refractivity contribution in [3.05, 3.63) is 66.0 Å². The Morgan fingerprint density at radius 1 is 1.11 bits per heavy atom. The van der Waals surface area contributed by atoms with Crippen LogP contribution < -0.4 is 9.46 Å². The predicted molar refractivity (Wildman–Crippen MR) is 101 cm³/mol. The Labute approximate surface area is 157 Å². The maximum absolute atomic E-state index is 12.7. The van der Waals surface area contributed by atoms with Gasteiger partial charge in [0, 0.05) is 24.0 Å². The lowest BCUT2D eigenvalue weighted by molar-refractivity contribution is 0.396. The molecule has 7 nitrogen and oxygen atoms in total. The van der Waals surface area contributed by atoms with Gasteiger partial charge in [-0.15, -0.1) is 0 Å². The van der Waals surface area contributed by atoms with E-state index in [9.17, 15) is 8.42 Å². The van der Waals surface area contributed by atoms with Crippen LogP contribution in [0.25, 0.3) is 11.3 Å². The van der Waals surface area contributed by atoms with Crippen molar-refractivity contribution in [2.24, 2.45) is 0 Å². The highest BCUT2D eigenvalue weighted by atomic mass is 32.2. The first kappa shape index (κ1) is 18.4. The third kappa shape index (κ3) is 4.04. The molecule has 0 bridgehead atoms. The zero-order chi connectivity index (χ0) is 19.4. The average Bonchev–Trinajstić information content (AvgIpc) is 2.69. The fourth-order valence-electron chi connectivity index (χ4n) is 2.40. The molecule has 1 aromatic carbocycles. The zero-order valence-corrected chi connectivity index (χ0v) is 15.5. The number of sulfonamides is 1. The summed E-state index contributed by atoms with van der Waals surface area (Å²) in [5.74, 6) is 0.213. The van der Waals surface area contributed by atoms with E-state index in [0.717, 1.165) is 11.1 Å². The van der Waals surface area contributed by atoms with Crippen LogP contribution in [0.2, 0.25) is 0 Å². The second-order valence-corrected chi connectivity index (χ2v) is 7.40. The molecule has 0 aliphatic rings. The molecule has 3 rings (SSSR count). The number of pyridine rings is 2. The molecule has 0 aliphatic carbocycles. The fourth-order valence-corrected chi connectivity index (χ4v) is 3.52. The molecular weight excluding hydrogens is 364 g/mol. The van der Waals surface area contributed by atoms with Gasteiger partial charge in [-0.2, -0.15) is 5.26 Å². The Bertz CT molecular complexity index is 1120. The van der Waals surface area contributed by atoms with Crippen LogP contribution in [0.4, 0.5) is 5.69 Å². The third-order valence-corrected chi connectivity index (χ3v) is 5.26. The van der Waals surface area contributed by atoms with E-state index in [-0.39, 0.29) is 10.8 Å². The van der Waals surface area contributed by atoms with Crippen molar-refractivity contribution in [1.82, 2.24) is 9.97 Å². The van der Waals surface area contributed by atoms with E-state index in [4.69, 9.17) is 10.00 Å². The summed E-state index contributed by atoms with van der Waals surface area (Å²) < 4.78 is 33.0. The summed E-state index contributed by atoms with van der Waals surface area (Å²) in [4.78, 5) is 8.21. The minimum Gasteiger partial charge on any atom is -0.481 e. The second kappa shape index (κ2) is 7.43. The number of nitrogens with zero attached hydrogens (tertiary/aromatic N) is 3. The van der Waals surface area contributed by atoms with Crippen molar-refractivity contribution in [1.29, 1.82) is 5.26 Å². The van der Waals surface area contributed by atoms with Gasteiger partial charge < -0.3 is 4.74 Å². The molecule has 2 heterocycles. The molecule has 27 heavy (non-hydrogen) atoms. The smallest absolute Gasteiger partial charge is 0.262 e. The molecular formula is C19H16N4O3S. The standard InChI is InChI=1S/C19H16N4O3S/c1-13-3-5-15(17-6-4-14(11-20)12-22-17)9-18(13)23-27(24,25)16-7-8-21-19(10-16)26-2/h3-10,12,23H,1-2H3. The normalized spacial score (nSPS) is 10.9. The molecule has 0 unspecified atom stereocenters. The number of aromatic nitrogens is 2. The molecule has 0 radical (unpaired) electrons. The Hall–Kier alpha value is -3.44. The van der Waals surface area contributed by atoms with Crippen molar-refractivity contribution in [3.63, 3.8) is 0 Å². The lowest BCUT2D eigenvalue weighted by Gasteiger charge is -2.12. The number of hydrogen-bond donors (Lipinski definition) is 1. The monoisotopic (exact) mass is 380 g/mol. The zero-order valence-electron chi connectivity index (χ0n) is 14.7. The number of benzene rings is 1. The van der Waals surface area contributed by atoms with Gasteiger partial charge in [0.15, 0.2) is 0 Å². The molecule has 0 atom stereocenters. The molecule has 0 saturated heterocycles. The van der Waals surface area contributed by atoms with Crippen molar-refractivity contribution in [3.8, 4) is 23.2 Å². The van der Waals surface area contributed by atoms with Crippen LogP contribution in [-0.2, 0) is 10.0 Å². The highest BCUT2D eigenvalue weighted by molar-refractivity contribution is 7.92. The van der Waals surface area contributed by atoms with Crippen LogP contribution in [0.3, 0.4) is 0 Å². The molecule has 2 aromatic heterocycles. The number of rotatable bonds is 5. The molecule has 0 saturated carbocycles. The van der Waals surface area contributed by atoms with Gasteiger partial charge in [-0.3, -0.25) is 9.71 Å². The highest BCUT2D eigenvalue weighted by Gasteiger charge is 2.17. The van der Waals surface area contributed by atoms with Crippen molar-refractivity contribution < 1.29 is 13.2 Å². The second-order valence-electron chi connectivity index (χ2n) is 5.71. The van der Waals surface area contributed by atoms with E-state index >= 15 is 0 Å². The number of methoxy groups -OCH3 is 1. The van der Waals surface area contributed by atoms with Crippen LogP contribution in [0.15, 0.2) is 59.8 Å². The molecule has 3 aromatic rings. The SMILES string of the molecule is COc1cc(S(=O)(=O)Nc2cc(-c3ccc(C#N)cn3)ccc2C)ccn1. The molecule has 0 spiro atoms. The van der Waals surface area contributed by atoms with Gasteiger partial charge in [-0.05, 0) is 36.8 Å². The quantitative estimate of drug-likeness (QED) is 0.729. The number of hydrogen-bond acceptors (Lipinski definition) is 6. The first-order valence-electron chi connectivity index (χ1n) is 7.93. The van der Waals surface area contributed by atoms with Gasteiger partial charge in [0.1, 0.15) is 6.07 Å². The first-order valence-corrected chi connectivity index (χ1v) is 9.41. The van der Waals surface area contributed by atoms with E-state index in [1.165, 1.54) is 31.6 Å². The minimum atomic E-state index is -3.81. The number of anilines is 1. The summed E-state index contributed by atoms with van der Waals surface area (Å²) in [6.07, 6.45) is 2.85. The van der Waals surface area contributed by atoms with E-state index in [0.29, 0.717) is 16.9 Å². The van der Waals surface area contributed by atoms with E-state index < -0.39 is 10.0 Å². The largest absolute Gasteiger partial charge is 0.481 e. The molecule has 8 heteroatoms. The molecule has 0 fully saturated rings. The fraction of sp³-hybridized carbons (Fsp3) is 0.105. The van der Waals surface area contributed by atoms with Gasteiger partial charge >= 0.3 is 0 Å². The lowest BCUT2D eigenvalue weighted by Crippen LogP contribution is -2.14. The summed E-state index contributed by atoms with van der Waals surface area (Å²) in [7, 11) is -2.39. The average molecular weight is 380 g/mol. The van der Waals surface area contributed by atoms with E-state index in [1.54, 1.807) is 31.2 Å². The summed E-state index contributed by atoms with van der Waals surface area (Å²) in [6.45, 7) is 1.81. The predicted octanol–water partition coefficient (Wildman–Crippen LogP) is 3.13. The first-order chi connectivity index (χ1) is 12.9. The third-order valence-electron chi connectivity index (χ3n) is 3.90. The van der Waals surface area contributed by atoms with Gasteiger partial charge in [0.25, 0.3) is 10.0 Å². The number of aryl methyl sites for hydroxylation is 1. The van der Waals surface area contributed by atoms with Crippen molar-refractivity contribution >= 4 is 15.7 Å². The number of nitriles is 1. The van der Waals surface area contributed by atoms with E-state index in [1.807, 2.05) is 12.1 Å². The maximum atomic E-state index is 12.7. The topological polar surface area (TPSA) is 105 Å². The minimum absolute atomic E-state index is 0.0515. The van der Waals surface area contributed by atoms with Gasteiger partial charge in [0.2, 0.25) is 5.88 Å². The number of nitrogens with one attached hydrogen (secondary N) is 1. The van der Waals surface area contributed by atoms with Crippen molar-refractivity contribution in [2.45, 2.75) is 11.8 Å². The Morgan fingerprint density at radius 3 is 2.59 bits per heavy atom. The summed E-state index contributed by atoms with van der Waals surface area (Å²) in [5, 5.41) is 8.87. The lowest BCUT2D eigenvalue weighted by atomic mass is 10.1. The van der Waals surface area contributed by atoms with Crippen molar-refractivity contribution in [2.75, 3.05) is 11.8 Å². The van der Waals surface area contributed by atoms with Gasteiger partial charge in [-0.1, -0.05) is 12.1 Å². The van der Waals surface area contributed by atoms with Crippen LogP contribution in [0, 0.1) is 18.3 Å². The maximum Gasteiger partial charge on any atom is 0.262 e. The molecule has 136 valence electrons. The Balaban J connectivity index is 1.95. The summed E-state index contributed by atoms with van der Waals surface area (Å²) in [5.41, 5.74) is 3.03. The van der Waals surface area contributed by atoms with Crippen LogP contribution in [0.5, 0.6) is 5.88 Å².